The first kappa shape index (κ1) is 22.0. The molecule has 0 aliphatic rings. The molecule has 0 fully saturated rings. The summed E-state index contributed by atoms with van der Waals surface area (Å²) in [5.74, 6) is 1.83. The van der Waals surface area contributed by atoms with Crippen LogP contribution in [0.15, 0.2) is 47.5 Å². The van der Waals surface area contributed by atoms with Gasteiger partial charge in [-0.1, -0.05) is 30.3 Å². The van der Waals surface area contributed by atoms with E-state index in [0.717, 1.165) is 5.56 Å². The Kier molecular flexibility index (Phi) is 9.79. The smallest absolute Gasteiger partial charge is 0.191 e. The molecule has 2 aromatic carbocycles. The van der Waals surface area contributed by atoms with Crippen molar-refractivity contribution >= 4 is 29.9 Å². The van der Waals surface area contributed by atoms with Gasteiger partial charge in [0.15, 0.2) is 17.5 Å². The number of methoxy groups -OCH3 is 2. The molecule has 2 rings (SSSR count). The SMILES string of the molecule is CN=C(NCCc1ccccc1F)NCc1cccc(OC)c1OC.I. The lowest BCUT2D eigenvalue weighted by Gasteiger charge is -2.15. The minimum absolute atomic E-state index is 0. The van der Waals surface area contributed by atoms with E-state index >= 15 is 0 Å². The van der Waals surface area contributed by atoms with Crippen LogP contribution in [0.5, 0.6) is 11.5 Å². The third kappa shape index (κ3) is 6.05. The van der Waals surface area contributed by atoms with Gasteiger partial charge in [-0.25, -0.2) is 4.39 Å². The van der Waals surface area contributed by atoms with Crippen molar-refractivity contribution in [3.05, 3.63) is 59.4 Å². The molecule has 142 valence electrons. The first-order valence-electron chi connectivity index (χ1n) is 8.07. The van der Waals surface area contributed by atoms with Crippen LogP contribution >= 0.6 is 24.0 Å². The number of guanidine groups is 1. The van der Waals surface area contributed by atoms with E-state index in [9.17, 15) is 4.39 Å². The zero-order valence-corrected chi connectivity index (χ0v) is 17.5. The Bertz CT molecular complexity index is 726. The molecule has 0 saturated carbocycles. The van der Waals surface area contributed by atoms with Crippen molar-refractivity contribution in [2.75, 3.05) is 27.8 Å². The Hall–Kier alpha value is -2.03. The summed E-state index contributed by atoms with van der Waals surface area (Å²) in [6.07, 6.45) is 0.579. The van der Waals surface area contributed by atoms with E-state index in [1.165, 1.54) is 6.07 Å². The molecule has 2 aromatic rings. The van der Waals surface area contributed by atoms with Crippen LogP contribution in [0.25, 0.3) is 0 Å². The van der Waals surface area contributed by atoms with Crippen LogP contribution in [0.3, 0.4) is 0 Å². The van der Waals surface area contributed by atoms with Gasteiger partial charge < -0.3 is 20.1 Å². The summed E-state index contributed by atoms with van der Waals surface area (Å²) in [7, 11) is 4.92. The van der Waals surface area contributed by atoms with Gasteiger partial charge in [-0.3, -0.25) is 4.99 Å². The minimum Gasteiger partial charge on any atom is -0.493 e. The number of hydrogen-bond donors (Lipinski definition) is 2. The average molecular weight is 473 g/mol. The van der Waals surface area contributed by atoms with E-state index in [4.69, 9.17) is 9.47 Å². The highest BCUT2D eigenvalue weighted by Gasteiger charge is 2.10. The van der Waals surface area contributed by atoms with Gasteiger partial charge in [0, 0.05) is 25.7 Å². The molecule has 0 radical (unpaired) electrons. The van der Waals surface area contributed by atoms with Gasteiger partial charge in [-0.2, -0.15) is 0 Å². The summed E-state index contributed by atoms with van der Waals surface area (Å²) in [4.78, 5) is 4.18. The Morgan fingerprint density at radius 3 is 2.38 bits per heavy atom. The van der Waals surface area contributed by atoms with E-state index in [-0.39, 0.29) is 29.8 Å². The maximum atomic E-state index is 13.6. The van der Waals surface area contributed by atoms with Crippen LogP contribution in [0.2, 0.25) is 0 Å². The number of halogens is 2. The molecular weight excluding hydrogens is 448 g/mol. The number of para-hydroxylation sites is 1. The molecule has 2 N–H and O–H groups in total. The van der Waals surface area contributed by atoms with Gasteiger partial charge >= 0.3 is 0 Å². The highest BCUT2D eigenvalue weighted by atomic mass is 127. The van der Waals surface area contributed by atoms with Crippen molar-refractivity contribution in [3.63, 3.8) is 0 Å². The molecule has 0 aromatic heterocycles. The van der Waals surface area contributed by atoms with Crippen molar-refractivity contribution in [1.82, 2.24) is 10.6 Å². The number of nitrogens with one attached hydrogen (secondary N) is 2. The first-order chi connectivity index (χ1) is 12.2. The lowest BCUT2D eigenvalue weighted by Crippen LogP contribution is -2.38. The van der Waals surface area contributed by atoms with Crippen molar-refractivity contribution in [3.8, 4) is 11.5 Å². The summed E-state index contributed by atoms with van der Waals surface area (Å²) < 4.78 is 24.3. The number of aliphatic imine (C=N–C) groups is 1. The minimum atomic E-state index is -0.187. The molecule has 0 amide bonds. The molecule has 0 heterocycles. The van der Waals surface area contributed by atoms with Crippen LogP contribution in [0.1, 0.15) is 11.1 Å². The predicted molar refractivity (Wildman–Crippen MR) is 113 cm³/mol. The van der Waals surface area contributed by atoms with Gasteiger partial charge in [0.2, 0.25) is 0 Å². The average Bonchev–Trinajstić information content (AvgIpc) is 2.65. The van der Waals surface area contributed by atoms with Crippen LogP contribution in [0.4, 0.5) is 4.39 Å². The third-order valence-corrected chi connectivity index (χ3v) is 3.80. The molecule has 26 heavy (non-hydrogen) atoms. The summed E-state index contributed by atoms with van der Waals surface area (Å²) in [5.41, 5.74) is 1.64. The van der Waals surface area contributed by atoms with E-state index < -0.39 is 0 Å². The van der Waals surface area contributed by atoms with Gasteiger partial charge in [-0.15, -0.1) is 24.0 Å². The van der Waals surface area contributed by atoms with E-state index in [2.05, 4.69) is 15.6 Å². The topological polar surface area (TPSA) is 54.9 Å². The third-order valence-electron chi connectivity index (χ3n) is 3.80. The molecule has 7 heteroatoms. The number of rotatable bonds is 7. The van der Waals surface area contributed by atoms with Gasteiger partial charge in [-0.05, 0) is 24.1 Å². The number of nitrogens with zero attached hydrogens (tertiary/aromatic N) is 1. The Labute approximate surface area is 171 Å². The first-order valence-corrected chi connectivity index (χ1v) is 8.07. The molecule has 0 unspecified atom stereocenters. The highest BCUT2D eigenvalue weighted by molar-refractivity contribution is 14.0. The van der Waals surface area contributed by atoms with E-state index in [0.29, 0.717) is 42.5 Å². The summed E-state index contributed by atoms with van der Waals surface area (Å²) in [6, 6.07) is 12.5. The second-order valence-electron chi connectivity index (χ2n) is 5.35. The quantitative estimate of drug-likeness (QED) is 0.368. The van der Waals surface area contributed by atoms with Gasteiger partial charge in [0.05, 0.1) is 14.2 Å². The lowest BCUT2D eigenvalue weighted by atomic mass is 10.1. The molecule has 0 atom stereocenters. The normalized spacial score (nSPS) is 10.7. The Balaban J connectivity index is 0.00000338. The molecule has 5 nitrogen and oxygen atoms in total. The maximum Gasteiger partial charge on any atom is 0.191 e. The second kappa shape index (κ2) is 11.6. The summed E-state index contributed by atoms with van der Waals surface area (Å²) in [6.45, 7) is 1.11. The molecule has 0 bridgehead atoms. The van der Waals surface area contributed by atoms with E-state index in [1.54, 1.807) is 33.4 Å². The van der Waals surface area contributed by atoms with Gasteiger partial charge in [0.25, 0.3) is 0 Å². The summed E-state index contributed by atoms with van der Waals surface area (Å²) >= 11 is 0. The van der Waals surface area contributed by atoms with Crippen molar-refractivity contribution < 1.29 is 13.9 Å². The highest BCUT2D eigenvalue weighted by Crippen LogP contribution is 2.30. The second-order valence-corrected chi connectivity index (χ2v) is 5.35. The van der Waals surface area contributed by atoms with Gasteiger partial charge in [0.1, 0.15) is 5.82 Å². The monoisotopic (exact) mass is 473 g/mol. The van der Waals surface area contributed by atoms with Crippen LogP contribution in [-0.2, 0) is 13.0 Å². The van der Waals surface area contributed by atoms with Crippen LogP contribution in [0, 0.1) is 5.82 Å². The van der Waals surface area contributed by atoms with Crippen LogP contribution < -0.4 is 20.1 Å². The largest absolute Gasteiger partial charge is 0.493 e. The Morgan fingerprint density at radius 2 is 1.73 bits per heavy atom. The molecule has 0 spiro atoms. The number of benzene rings is 2. The predicted octanol–water partition coefficient (Wildman–Crippen LogP) is 3.37. The van der Waals surface area contributed by atoms with Crippen molar-refractivity contribution in [2.45, 2.75) is 13.0 Å². The van der Waals surface area contributed by atoms with Crippen molar-refractivity contribution in [1.29, 1.82) is 0 Å². The fourth-order valence-electron chi connectivity index (χ4n) is 2.51. The molecule has 0 aliphatic heterocycles. The Morgan fingerprint density at radius 1 is 1.00 bits per heavy atom. The zero-order chi connectivity index (χ0) is 18.1. The molecule has 0 saturated heterocycles. The van der Waals surface area contributed by atoms with Crippen LogP contribution in [-0.4, -0.2) is 33.8 Å². The standard InChI is InChI=1S/C19H24FN3O2.HI/c1-21-19(22-12-11-14-7-4-5-9-16(14)20)23-13-15-8-6-10-17(24-2)18(15)25-3;/h4-10H,11-13H2,1-3H3,(H2,21,22,23);1H. The molecule has 0 aliphatic carbocycles. The lowest BCUT2D eigenvalue weighted by molar-refractivity contribution is 0.351. The molecular formula is C19H25FIN3O2. The number of ether oxygens (including phenoxy) is 2. The fraction of sp³-hybridized carbons (Fsp3) is 0.316. The summed E-state index contributed by atoms with van der Waals surface area (Å²) in [5, 5.41) is 6.40. The zero-order valence-electron chi connectivity index (χ0n) is 15.2. The van der Waals surface area contributed by atoms with Crippen molar-refractivity contribution in [2.24, 2.45) is 4.99 Å². The maximum absolute atomic E-state index is 13.6. The fourth-order valence-corrected chi connectivity index (χ4v) is 2.51. The van der Waals surface area contributed by atoms with E-state index in [1.807, 2.05) is 24.3 Å². The number of hydrogen-bond acceptors (Lipinski definition) is 3.